The van der Waals surface area contributed by atoms with Crippen LogP contribution in [0.4, 0.5) is 13.8 Å². The second-order valence-electron chi connectivity index (χ2n) is 7.39. The van der Waals surface area contributed by atoms with Crippen LogP contribution in [0.25, 0.3) is 0 Å². The molecule has 0 radical (unpaired) electrons. The molecule has 3 aliphatic rings. The van der Waals surface area contributed by atoms with Crippen LogP contribution in [0.2, 0.25) is 0 Å². The Bertz CT molecular complexity index is 1060. The van der Waals surface area contributed by atoms with Crippen molar-refractivity contribution in [3.05, 3.63) is 63.9 Å². The number of hydrogen-bond donors (Lipinski definition) is 1. The highest BCUT2D eigenvalue weighted by molar-refractivity contribution is 7.16. The second kappa shape index (κ2) is 6.66. The smallest absolute Gasteiger partial charge is 0.250 e. The number of amidine groups is 1. The number of nitrogens with two attached hydrogens (primary N) is 1. The maximum Gasteiger partial charge on any atom is 0.250 e. The summed E-state index contributed by atoms with van der Waals surface area (Å²) in [6.07, 6.45) is 5.78. The van der Waals surface area contributed by atoms with Gasteiger partial charge in [-0.05, 0) is 37.5 Å². The van der Waals surface area contributed by atoms with Gasteiger partial charge in [0.05, 0.1) is 11.3 Å². The first-order valence-corrected chi connectivity index (χ1v) is 10.3. The quantitative estimate of drug-likeness (QED) is 0.753. The van der Waals surface area contributed by atoms with Crippen LogP contribution < -0.4 is 5.73 Å². The number of halogens is 2. The van der Waals surface area contributed by atoms with E-state index in [-0.39, 0.29) is 11.3 Å². The lowest BCUT2D eigenvalue weighted by Crippen LogP contribution is -2.30. The Balaban J connectivity index is 1.68. The molecule has 3 heterocycles. The molecule has 150 valence electrons. The number of ether oxygens (including phenoxy) is 2. The van der Waals surface area contributed by atoms with Crippen molar-refractivity contribution in [2.45, 2.75) is 44.4 Å². The molecule has 5 rings (SSSR count). The molecule has 29 heavy (non-hydrogen) atoms. The van der Waals surface area contributed by atoms with Crippen molar-refractivity contribution in [3.63, 3.8) is 0 Å². The molecule has 0 amide bonds. The van der Waals surface area contributed by atoms with E-state index in [1.165, 1.54) is 29.5 Å². The predicted octanol–water partition coefficient (Wildman–Crippen LogP) is 4.35. The fraction of sp³-hybridized carbons (Fsp3) is 0.333. The van der Waals surface area contributed by atoms with E-state index in [2.05, 4.69) is 9.98 Å². The summed E-state index contributed by atoms with van der Waals surface area (Å²) in [7, 11) is 0. The van der Waals surface area contributed by atoms with Gasteiger partial charge in [-0.3, -0.25) is 4.99 Å². The molecule has 1 aromatic carbocycles. The van der Waals surface area contributed by atoms with Crippen LogP contribution in [-0.4, -0.2) is 23.4 Å². The molecule has 0 saturated carbocycles. The third kappa shape index (κ3) is 2.93. The fourth-order valence-corrected chi connectivity index (χ4v) is 5.29. The van der Waals surface area contributed by atoms with Crippen LogP contribution in [0.15, 0.2) is 40.7 Å². The highest BCUT2D eigenvalue weighted by Gasteiger charge is 2.40. The van der Waals surface area contributed by atoms with Crippen molar-refractivity contribution in [2.24, 2.45) is 15.7 Å². The first kappa shape index (κ1) is 18.3. The molecule has 2 aromatic rings. The predicted molar refractivity (Wildman–Crippen MR) is 108 cm³/mol. The first-order valence-electron chi connectivity index (χ1n) is 9.49. The molecule has 1 spiro atoms. The molecule has 2 aliphatic heterocycles. The Morgan fingerprint density at radius 1 is 1.10 bits per heavy atom. The summed E-state index contributed by atoms with van der Waals surface area (Å²) in [5.74, 6) is -1.65. The summed E-state index contributed by atoms with van der Waals surface area (Å²) in [6, 6.07) is 3.35. The van der Waals surface area contributed by atoms with Gasteiger partial charge in [0.1, 0.15) is 41.0 Å². The summed E-state index contributed by atoms with van der Waals surface area (Å²) >= 11 is 1.50. The number of benzene rings is 1. The molecule has 1 aliphatic carbocycles. The Morgan fingerprint density at radius 3 is 2.52 bits per heavy atom. The molecule has 1 aromatic heterocycles. The van der Waals surface area contributed by atoms with Crippen LogP contribution in [0.5, 0.6) is 0 Å². The summed E-state index contributed by atoms with van der Waals surface area (Å²) in [5.41, 5.74) is 7.90. The minimum absolute atomic E-state index is 0.139. The number of hydrogen-bond acceptors (Lipinski definition) is 6. The summed E-state index contributed by atoms with van der Waals surface area (Å²) in [4.78, 5) is 10.3. The zero-order valence-electron chi connectivity index (χ0n) is 15.7. The molecular weight excluding hydrogens is 396 g/mol. The van der Waals surface area contributed by atoms with Crippen molar-refractivity contribution in [2.75, 3.05) is 0 Å². The van der Waals surface area contributed by atoms with Crippen molar-refractivity contribution in [1.29, 1.82) is 0 Å². The highest BCUT2D eigenvalue weighted by Crippen LogP contribution is 2.45. The average Bonchev–Trinajstić information content (AvgIpc) is 3.20. The topological polar surface area (TPSA) is 69.2 Å². The van der Waals surface area contributed by atoms with Crippen LogP contribution >= 0.6 is 11.3 Å². The number of nitrogens with zero attached hydrogens (tertiary/aromatic N) is 2. The monoisotopic (exact) mass is 415 g/mol. The lowest BCUT2D eigenvalue weighted by molar-refractivity contribution is -0.149. The molecule has 0 fully saturated rings. The van der Waals surface area contributed by atoms with E-state index in [0.29, 0.717) is 42.1 Å². The van der Waals surface area contributed by atoms with Gasteiger partial charge in [0.2, 0.25) is 5.79 Å². The summed E-state index contributed by atoms with van der Waals surface area (Å²) < 4.78 is 40.9. The number of aryl methyl sites for hydroxylation is 1. The lowest BCUT2D eigenvalue weighted by Gasteiger charge is -2.25. The SMILES string of the molecule is C[C@@H]1N=C(c2c(F)cccc2F)c2c(sc3c2CCC2(CC3)OC=CO2)N=C1N. The maximum absolute atomic E-state index is 14.7. The summed E-state index contributed by atoms with van der Waals surface area (Å²) in [5, 5.41) is 0.653. The number of rotatable bonds is 1. The fourth-order valence-electron chi connectivity index (χ4n) is 4.05. The minimum Gasteiger partial charge on any atom is -0.457 e. The second-order valence-corrected chi connectivity index (χ2v) is 8.47. The summed E-state index contributed by atoms with van der Waals surface area (Å²) in [6.45, 7) is 1.77. The van der Waals surface area contributed by atoms with Crippen molar-refractivity contribution < 1.29 is 18.3 Å². The average molecular weight is 415 g/mol. The van der Waals surface area contributed by atoms with Crippen LogP contribution in [-0.2, 0) is 22.3 Å². The van der Waals surface area contributed by atoms with E-state index < -0.39 is 23.5 Å². The van der Waals surface area contributed by atoms with Gasteiger partial charge >= 0.3 is 0 Å². The van der Waals surface area contributed by atoms with Gasteiger partial charge in [-0.1, -0.05) is 6.07 Å². The van der Waals surface area contributed by atoms with E-state index in [4.69, 9.17) is 15.2 Å². The lowest BCUT2D eigenvalue weighted by atomic mass is 9.95. The van der Waals surface area contributed by atoms with Gasteiger partial charge in [0.25, 0.3) is 0 Å². The molecule has 0 bridgehead atoms. The van der Waals surface area contributed by atoms with E-state index >= 15 is 0 Å². The Hall–Kier alpha value is -2.74. The van der Waals surface area contributed by atoms with E-state index in [9.17, 15) is 8.78 Å². The number of aliphatic imine (C=N–C) groups is 2. The largest absolute Gasteiger partial charge is 0.457 e. The van der Waals surface area contributed by atoms with Gasteiger partial charge in [-0.15, -0.1) is 11.3 Å². The van der Waals surface area contributed by atoms with Crippen LogP contribution in [0, 0.1) is 11.6 Å². The van der Waals surface area contributed by atoms with Crippen LogP contribution in [0.1, 0.15) is 41.3 Å². The number of fused-ring (bicyclic) bond motifs is 3. The first-order chi connectivity index (χ1) is 14.0. The molecule has 1 atom stereocenters. The van der Waals surface area contributed by atoms with Crippen molar-refractivity contribution >= 4 is 27.9 Å². The zero-order valence-corrected chi connectivity index (χ0v) is 16.6. The molecule has 5 nitrogen and oxygen atoms in total. The van der Waals surface area contributed by atoms with Crippen LogP contribution in [0.3, 0.4) is 0 Å². The molecular formula is C21H19F2N3O2S. The Morgan fingerprint density at radius 2 is 1.79 bits per heavy atom. The Kier molecular flexibility index (Phi) is 4.20. The van der Waals surface area contributed by atoms with Gasteiger partial charge in [0, 0.05) is 23.3 Å². The number of thiophene rings is 1. The van der Waals surface area contributed by atoms with Gasteiger partial charge < -0.3 is 15.2 Å². The third-order valence-electron chi connectivity index (χ3n) is 5.60. The van der Waals surface area contributed by atoms with E-state index in [1.807, 2.05) is 0 Å². The van der Waals surface area contributed by atoms with E-state index in [0.717, 1.165) is 10.4 Å². The maximum atomic E-state index is 14.7. The molecule has 8 heteroatoms. The minimum atomic E-state index is -0.674. The standard InChI is InChI=1S/C21H19F2N3O2S/c1-11-19(24)26-20-16(18(25-11)17-13(22)3-2-4-14(17)23)12-5-7-21(27-9-10-28-21)8-6-15(12)29-20/h2-4,9-11H,5-8H2,1H3,(H2,24,26)/t11-/m0/s1. The molecule has 0 unspecified atom stereocenters. The Labute approximate surface area is 170 Å². The van der Waals surface area contributed by atoms with Crippen molar-refractivity contribution in [3.8, 4) is 0 Å². The molecule has 2 N–H and O–H groups in total. The van der Waals surface area contributed by atoms with E-state index in [1.54, 1.807) is 19.4 Å². The third-order valence-corrected chi connectivity index (χ3v) is 6.79. The zero-order chi connectivity index (χ0) is 20.2. The van der Waals surface area contributed by atoms with Gasteiger partial charge in [-0.2, -0.15) is 0 Å². The normalized spacial score (nSPS) is 22.0. The molecule has 0 saturated heterocycles. The van der Waals surface area contributed by atoms with Gasteiger partial charge in [0.15, 0.2) is 0 Å². The van der Waals surface area contributed by atoms with Crippen molar-refractivity contribution in [1.82, 2.24) is 0 Å². The highest BCUT2D eigenvalue weighted by atomic mass is 32.1. The van der Waals surface area contributed by atoms with Gasteiger partial charge in [-0.25, -0.2) is 13.8 Å².